The van der Waals surface area contributed by atoms with Crippen LogP contribution in [0, 0.1) is 0 Å². The molecular formula is C24H24Cl2N2O3. The second-order valence-electron chi connectivity index (χ2n) is 7.78. The normalized spacial score (nSPS) is 15.5. The van der Waals surface area contributed by atoms with E-state index in [1.165, 1.54) is 0 Å². The Morgan fingerprint density at radius 2 is 1.84 bits per heavy atom. The van der Waals surface area contributed by atoms with Crippen LogP contribution >= 0.6 is 23.2 Å². The lowest BCUT2D eigenvalue weighted by Crippen LogP contribution is -2.46. The van der Waals surface area contributed by atoms with Crippen molar-refractivity contribution < 1.29 is 13.9 Å². The van der Waals surface area contributed by atoms with Gasteiger partial charge in [-0.25, -0.2) is 0 Å². The number of methoxy groups -OCH3 is 1. The Balaban J connectivity index is 1.73. The third-order valence-electron chi connectivity index (χ3n) is 5.70. The first kappa shape index (κ1) is 21.8. The van der Waals surface area contributed by atoms with Gasteiger partial charge in [-0.3, -0.25) is 4.79 Å². The fraction of sp³-hybridized carbons (Fsp3) is 0.292. The van der Waals surface area contributed by atoms with Crippen LogP contribution in [-0.4, -0.2) is 56.0 Å². The summed E-state index contributed by atoms with van der Waals surface area (Å²) in [6.45, 7) is 5.15. The molecule has 0 unspecified atom stereocenters. The number of benzene rings is 2. The van der Waals surface area contributed by atoms with E-state index in [4.69, 9.17) is 32.4 Å². The topological polar surface area (TPSA) is 45.9 Å². The van der Waals surface area contributed by atoms with E-state index in [2.05, 4.69) is 11.9 Å². The lowest BCUT2D eigenvalue weighted by atomic mass is 9.99. The Bertz CT molecular complexity index is 1160. The summed E-state index contributed by atoms with van der Waals surface area (Å²) in [7, 11) is 3.68. The van der Waals surface area contributed by atoms with E-state index >= 15 is 0 Å². The van der Waals surface area contributed by atoms with E-state index in [1.807, 2.05) is 30.0 Å². The number of fused-ring (bicyclic) bond motifs is 1. The van der Waals surface area contributed by atoms with Gasteiger partial charge in [-0.15, -0.1) is 0 Å². The molecule has 0 N–H and O–H groups in total. The van der Waals surface area contributed by atoms with Crippen LogP contribution in [0.25, 0.3) is 27.7 Å². The maximum atomic E-state index is 12.8. The number of carbonyl (C=O) groups is 1. The zero-order valence-electron chi connectivity index (χ0n) is 17.7. The Hall–Kier alpha value is -2.47. The summed E-state index contributed by atoms with van der Waals surface area (Å²) in [4.78, 5) is 16.9. The zero-order valence-corrected chi connectivity index (χ0v) is 19.3. The maximum Gasteiger partial charge on any atom is 0.246 e. The van der Waals surface area contributed by atoms with Crippen LogP contribution in [0.15, 0.2) is 47.1 Å². The number of carbonyl (C=O) groups excluding carboxylic acids is 1. The van der Waals surface area contributed by atoms with Gasteiger partial charge >= 0.3 is 0 Å². The summed E-state index contributed by atoms with van der Waals surface area (Å²) < 4.78 is 11.4. The number of hydrogen-bond donors (Lipinski definition) is 0. The smallest absolute Gasteiger partial charge is 0.246 e. The SMILES string of the molecule is COc1cc2occ(-c3ccc(Cl)cc3Cl)c2cc1/C(C)=C/C(=O)N1CCN(C)CC1. The second-order valence-corrected chi connectivity index (χ2v) is 8.62. The summed E-state index contributed by atoms with van der Waals surface area (Å²) in [5.41, 5.74) is 4.04. The van der Waals surface area contributed by atoms with Crippen molar-refractivity contribution in [2.45, 2.75) is 6.92 Å². The third-order valence-corrected chi connectivity index (χ3v) is 6.24. The van der Waals surface area contributed by atoms with Crippen LogP contribution in [0.1, 0.15) is 12.5 Å². The molecule has 2 aromatic carbocycles. The number of hydrogen-bond acceptors (Lipinski definition) is 4. The molecular weight excluding hydrogens is 435 g/mol. The number of nitrogens with zero attached hydrogens (tertiary/aromatic N) is 2. The van der Waals surface area contributed by atoms with Gasteiger partial charge in [0, 0.05) is 65.4 Å². The maximum absolute atomic E-state index is 12.8. The van der Waals surface area contributed by atoms with Crippen LogP contribution in [0.5, 0.6) is 5.75 Å². The summed E-state index contributed by atoms with van der Waals surface area (Å²) in [5.74, 6) is 0.663. The molecule has 1 amide bonds. The molecule has 31 heavy (non-hydrogen) atoms. The first-order valence-electron chi connectivity index (χ1n) is 10.1. The average molecular weight is 459 g/mol. The third kappa shape index (κ3) is 4.45. The molecule has 5 nitrogen and oxygen atoms in total. The molecule has 162 valence electrons. The van der Waals surface area contributed by atoms with Crippen LogP contribution in [0.3, 0.4) is 0 Å². The first-order valence-corrected chi connectivity index (χ1v) is 10.8. The highest BCUT2D eigenvalue weighted by Gasteiger charge is 2.20. The van der Waals surface area contributed by atoms with Crippen molar-refractivity contribution in [3.8, 4) is 16.9 Å². The zero-order chi connectivity index (χ0) is 22.1. The number of allylic oxidation sites excluding steroid dienone is 1. The Morgan fingerprint density at radius 1 is 1.10 bits per heavy atom. The molecule has 1 fully saturated rings. The molecule has 1 saturated heterocycles. The number of furan rings is 1. The summed E-state index contributed by atoms with van der Waals surface area (Å²) >= 11 is 12.5. The van der Waals surface area contributed by atoms with E-state index in [-0.39, 0.29) is 5.91 Å². The minimum atomic E-state index is 0.0147. The van der Waals surface area contributed by atoms with E-state index in [0.29, 0.717) is 21.4 Å². The molecule has 7 heteroatoms. The molecule has 0 saturated carbocycles. The van der Waals surface area contributed by atoms with Gasteiger partial charge in [0.15, 0.2) is 0 Å². The van der Waals surface area contributed by atoms with Crippen LogP contribution < -0.4 is 4.74 Å². The molecule has 3 aromatic rings. The molecule has 1 aliphatic rings. The van der Waals surface area contributed by atoms with Crippen LogP contribution in [0.4, 0.5) is 0 Å². The standard InChI is InChI=1S/C24H24Cl2N2O3/c1-15(10-24(29)28-8-6-27(2)7-9-28)18-12-19-20(14-31-23(19)13-22(18)30-3)17-5-4-16(25)11-21(17)26/h4-5,10-14H,6-9H2,1-3H3/b15-10+. The molecule has 0 radical (unpaired) electrons. The highest BCUT2D eigenvalue weighted by atomic mass is 35.5. The number of likely N-dealkylation sites (N-methyl/N-ethyl adjacent to an activating group) is 1. The van der Waals surface area contributed by atoms with E-state index < -0.39 is 0 Å². The minimum absolute atomic E-state index is 0.0147. The van der Waals surface area contributed by atoms with E-state index in [9.17, 15) is 4.79 Å². The number of halogens is 2. The van der Waals surface area contributed by atoms with Crippen LogP contribution in [-0.2, 0) is 4.79 Å². The molecule has 2 heterocycles. The minimum Gasteiger partial charge on any atom is -0.496 e. The molecule has 0 bridgehead atoms. The average Bonchev–Trinajstić information content (AvgIpc) is 3.15. The van der Waals surface area contributed by atoms with Gasteiger partial charge in [0.05, 0.1) is 18.4 Å². The van der Waals surface area contributed by atoms with Crippen molar-refractivity contribution >= 4 is 45.7 Å². The predicted octanol–water partition coefficient (Wildman–Crippen LogP) is 5.59. The lowest BCUT2D eigenvalue weighted by Gasteiger charge is -2.31. The van der Waals surface area contributed by atoms with Gasteiger partial charge in [-0.05, 0) is 37.7 Å². The van der Waals surface area contributed by atoms with Crippen molar-refractivity contribution in [3.05, 3.63) is 58.3 Å². The highest BCUT2D eigenvalue weighted by Crippen LogP contribution is 2.40. The Labute approximate surface area is 191 Å². The van der Waals surface area contributed by atoms with Gasteiger partial charge in [0.1, 0.15) is 11.3 Å². The molecule has 0 aliphatic carbocycles. The van der Waals surface area contributed by atoms with Crippen molar-refractivity contribution in [1.82, 2.24) is 9.80 Å². The largest absolute Gasteiger partial charge is 0.496 e. The van der Waals surface area contributed by atoms with Crippen molar-refractivity contribution in [2.75, 3.05) is 40.3 Å². The molecule has 1 aliphatic heterocycles. The number of piperazine rings is 1. The van der Waals surface area contributed by atoms with Crippen molar-refractivity contribution in [3.63, 3.8) is 0 Å². The quantitative estimate of drug-likeness (QED) is 0.477. The molecule has 0 atom stereocenters. The lowest BCUT2D eigenvalue weighted by molar-refractivity contribution is -0.127. The summed E-state index contributed by atoms with van der Waals surface area (Å²) in [5, 5.41) is 2.01. The predicted molar refractivity (Wildman–Crippen MR) is 126 cm³/mol. The monoisotopic (exact) mass is 458 g/mol. The van der Waals surface area contributed by atoms with Crippen molar-refractivity contribution in [2.24, 2.45) is 0 Å². The van der Waals surface area contributed by atoms with Gasteiger partial charge in [-0.1, -0.05) is 29.3 Å². The van der Waals surface area contributed by atoms with E-state index in [1.54, 1.807) is 31.6 Å². The second kappa shape index (κ2) is 8.95. The Kier molecular flexibility index (Phi) is 6.28. The van der Waals surface area contributed by atoms with Gasteiger partial charge in [0.25, 0.3) is 0 Å². The molecule has 4 rings (SSSR count). The molecule has 0 spiro atoms. The Morgan fingerprint density at radius 3 is 2.52 bits per heavy atom. The first-order chi connectivity index (χ1) is 14.9. The van der Waals surface area contributed by atoms with Gasteiger partial charge in [0.2, 0.25) is 5.91 Å². The number of rotatable bonds is 4. The summed E-state index contributed by atoms with van der Waals surface area (Å²) in [6, 6.07) is 9.21. The summed E-state index contributed by atoms with van der Waals surface area (Å²) in [6.07, 6.45) is 3.36. The van der Waals surface area contributed by atoms with Gasteiger partial charge in [-0.2, -0.15) is 0 Å². The highest BCUT2D eigenvalue weighted by molar-refractivity contribution is 6.36. The molecule has 1 aromatic heterocycles. The fourth-order valence-electron chi connectivity index (χ4n) is 3.83. The van der Waals surface area contributed by atoms with E-state index in [0.717, 1.165) is 53.8 Å². The van der Waals surface area contributed by atoms with Crippen LogP contribution in [0.2, 0.25) is 10.0 Å². The fourth-order valence-corrected chi connectivity index (χ4v) is 4.34. The van der Waals surface area contributed by atoms with Crippen molar-refractivity contribution in [1.29, 1.82) is 0 Å². The van der Waals surface area contributed by atoms with Gasteiger partial charge < -0.3 is 19.0 Å². The number of amides is 1. The number of ether oxygens (including phenoxy) is 1.